The molecule has 9 heteroatoms. The molecule has 3 aromatic rings. The lowest BCUT2D eigenvalue weighted by Crippen LogP contribution is -2.24. The van der Waals surface area contributed by atoms with Gasteiger partial charge in [-0.3, -0.25) is 9.61 Å². The van der Waals surface area contributed by atoms with Gasteiger partial charge in [0, 0.05) is 18.9 Å². The zero-order valence-corrected chi connectivity index (χ0v) is 10.5. The zero-order valence-electron chi connectivity index (χ0n) is 10.5. The van der Waals surface area contributed by atoms with Gasteiger partial charge in [-0.25, -0.2) is 0 Å². The first-order chi connectivity index (χ1) is 9.78. The van der Waals surface area contributed by atoms with E-state index >= 15 is 0 Å². The van der Waals surface area contributed by atoms with Crippen LogP contribution in [0, 0.1) is 5.21 Å². The Morgan fingerprint density at radius 3 is 3.10 bits per heavy atom. The summed E-state index contributed by atoms with van der Waals surface area (Å²) in [6.07, 6.45) is 3.39. The third kappa shape index (κ3) is 2.16. The molecule has 1 N–H and O–H groups in total. The molecule has 9 nitrogen and oxygen atoms in total. The van der Waals surface area contributed by atoms with Gasteiger partial charge in [-0.05, 0) is 16.5 Å². The second-order valence-corrected chi connectivity index (χ2v) is 3.88. The van der Waals surface area contributed by atoms with Crippen molar-refractivity contribution in [2.24, 2.45) is 0 Å². The first kappa shape index (κ1) is 12.1. The lowest BCUT2D eigenvalue weighted by atomic mass is 10.3. The van der Waals surface area contributed by atoms with Gasteiger partial charge in [0.2, 0.25) is 0 Å². The minimum Gasteiger partial charge on any atom is -0.467 e. The van der Waals surface area contributed by atoms with Crippen LogP contribution in [-0.2, 0) is 6.54 Å². The molecular formula is C11H10N6O3. The van der Waals surface area contributed by atoms with Crippen molar-refractivity contribution in [1.82, 2.24) is 20.1 Å². The summed E-state index contributed by atoms with van der Waals surface area (Å²) in [5.74, 6) is 0.284. The maximum atomic E-state index is 11.5. The van der Waals surface area contributed by atoms with E-state index in [1.54, 1.807) is 12.4 Å². The van der Waals surface area contributed by atoms with E-state index in [0.29, 0.717) is 6.54 Å². The van der Waals surface area contributed by atoms with Gasteiger partial charge in [0.1, 0.15) is 0 Å². The molecule has 0 spiro atoms. The Bertz CT molecular complexity index is 730. The van der Waals surface area contributed by atoms with E-state index < -0.39 is 0 Å². The van der Waals surface area contributed by atoms with Crippen molar-refractivity contribution in [3.63, 3.8) is 0 Å². The normalized spacial score (nSPS) is 10.7. The number of nitrogens with zero attached hydrogens (tertiary/aromatic N) is 5. The molecule has 0 aliphatic rings. The highest BCUT2D eigenvalue weighted by atomic mass is 16.8. The topological polar surface area (TPSA) is 113 Å². The Hall–Kier alpha value is -2.97. The van der Waals surface area contributed by atoms with Crippen LogP contribution in [0.5, 0.6) is 6.01 Å². The molecule has 20 heavy (non-hydrogen) atoms. The molecule has 0 unspecified atom stereocenters. The molecule has 0 bridgehead atoms. The van der Waals surface area contributed by atoms with Gasteiger partial charge in [0.15, 0.2) is 5.82 Å². The van der Waals surface area contributed by atoms with Gasteiger partial charge in [0.05, 0.1) is 12.3 Å². The smallest absolute Gasteiger partial charge is 0.349 e. The van der Waals surface area contributed by atoms with E-state index in [9.17, 15) is 5.21 Å². The third-order valence-corrected chi connectivity index (χ3v) is 2.59. The van der Waals surface area contributed by atoms with Crippen LogP contribution in [0.4, 0.5) is 5.82 Å². The molecule has 0 saturated heterocycles. The van der Waals surface area contributed by atoms with Crippen LogP contribution in [0.15, 0.2) is 29.2 Å². The summed E-state index contributed by atoms with van der Waals surface area (Å²) in [6.45, 7) is 0.439. The van der Waals surface area contributed by atoms with Gasteiger partial charge in [-0.15, -0.1) is 4.98 Å². The molecule has 0 aliphatic carbocycles. The largest absolute Gasteiger partial charge is 0.467 e. The standard InChI is InChI=1S/C11H10N6O3/c1-19-11-14-9(8-10(15-11)16-20-17(8)18)13-6-7-3-2-4-12-5-7/h2-5H,6H2,1H3,(H,13,14,15,16). The number of methoxy groups -OCH3 is 1. The summed E-state index contributed by atoms with van der Waals surface area (Å²) >= 11 is 0. The minimum atomic E-state index is 0.0973. The number of hydrogen-bond acceptors (Lipinski definition) is 8. The number of pyridine rings is 1. The van der Waals surface area contributed by atoms with E-state index in [0.717, 1.165) is 5.56 Å². The molecule has 0 radical (unpaired) electrons. The number of nitrogens with one attached hydrogen (secondary N) is 1. The van der Waals surface area contributed by atoms with Crippen LogP contribution in [0.25, 0.3) is 11.2 Å². The number of hydrogen-bond donors (Lipinski definition) is 1. The lowest BCUT2D eigenvalue weighted by molar-refractivity contribution is -0.782. The molecule has 0 atom stereocenters. The molecular weight excluding hydrogens is 264 g/mol. The predicted molar refractivity (Wildman–Crippen MR) is 66.7 cm³/mol. The lowest BCUT2D eigenvalue weighted by Gasteiger charge is -2.05. The molecule has 0 saturated carbocycles. The number of rotatable bonds is 4. The van der Waals surface area contributed by atoms with Crippen LogP contribution in [0.1, 0.15) is 5.56 Å². The minimum absolute atomic E-state index is 0.0973. The Labute approximate surface area is 112 Å². The maximum absolute atomic E-state index is 11.5. The fraction of sp³-hybridized carbons (Fsp3) is 0.182. The average Bonchev–Trinajstić information content (AvgIpc) is 2.87. The van der Waals surface area contributed by atoms with Crippen LogP contribution in [0.3, 0.4) is 0 Å². The fourth-order valence-corrected chi connectivity index (χ4v) is 1.67. The van der Waals surface area contributed by atoms with Gasteiger partial charge < -0.3 is 15.3 Å². The Kier molecular flexibility index (Phi) is 2.99. The number of anilines is 1. The van der Waals surface area contributed by atoms with Gasteiger partial charge in [-0.1, -0.05) is 6.07 Å². The van der Waals surface area contributed by atoms with Crippen LogP contribution in [0.2, 0.25) is 0 Å². The van der Waals surface area contributed by atoms with Crippen molar-refractivity contribution >= 4 is 17.0 Å². The van der Waals surface area contributed by atoms with Crippen molar-refractivity contribution in [3.05, 3.63) is 35.3 Å². The Balaban J connectivity index is 1.95. The number of aromatic nitrogens is 5. The molecule has 0 aromatic carbocycles. The summed E-state index contributed by atoms with van der Waals surface area (Å²) in [7, 11) is 1.43. The zero-order chi connectivity index (χ0) is 13.9. The summed E-state index contributed by atoms with van der Waals surface area (Å²) in [4.78, 5) is 12.3. The van der Waals surface area contributed by atoms with E-state index in [1.807, 2.05) is 12.1 Å². The Morgan fingerprint density at radius 2 is 2.35 bits per heavy atom. The van der Waals surface area contributed by atoms with E-state index in [2.05, 4.69) is 30.1 Å². The second kappa shape index (κ2) is 4.96. The summed E-state index contributed by atoms with van der Waals surface area (Å²) in [6, 6.07) is 3.81. The summed E-state index contributed by atoms with van der Waals surface area (Å²) < 4.78 is 9.46. The predicted octanol–water partition coefficient (Wildman–Crippen LogP) is 0.267. The SMILES string of the molecule is COc1nc(NCc2cccnc2)c2c(no[n+]2[O-])n1. The van der Waals surface area contributed by atoms with Crippen LogP contribution < -0.4 is 15.0 Å². The van der Waals surface area contributed by atoms with Crippen molar-refractivity contribution in [2.45, 2.75) is 6.54 Å². The van der Waals surface area contributed by atoms with Crippen molar-refractivity contribution in [1.29, 1.82) is 0 Å². The summed E-state index contributed by atoms with van der Waals surface area (Å²) in [5, 5.41) is 18.1. The number of fused-ring (bicyclic) bond motifs is 1. The van der Waals surface area contributed by atoms with Crippen molar-refractivity contribution < 1.29 is 14.3 Å². The average molecular weight is 274 g/mol. The highest BCUT2D eigenvalue weighted by Crippen LogP contribution is 2.18. The molecule has 0 fully saturated rings. The van der Waals surface area contributed by atoms with Crippen molar-refractivity contribution in [3.8, 4) is 6.01 Å². The van der Waals surface area contributed by atoms with Gasteiger partial charge in [0.25, 0.3) is 5.52 Å². The number of ether oxygens (including phenoxy) is 1. The van der Waals surface area contributed by atoms with E-state index in [4.69, 9.17) is 4.74 Å². The molecule has 102 valence electrons. The molecule has 3 aromatic heterocycles. The second-order valence-electron chi connectivity index (χ2n) is 3.88. The quantitative estimate of drug-likeness (QED) is 0.674. The van der Waals surface area contributed by atoms with Gasteiger partial charge in [-0.2, -0.15) is 4.98 Å². The van der Waals surface area contributed by atoms with Crippen LogP contribution >= 0.6 is 0 Å². The molecule has 0 amide bonds. The fourth-order valence-electron chi connectivity index (χ4n) is 1.67. The van der Waals surface area contributed by atoms with Crippen molar-refractivity contribution in [2.75, 3.05) is 12.4 Å². The highest BCUT2D eigenvalue weighted by molar-refractivity contribution is 5.78. The Morgan fingerprint density at radius 1 is 1.45 bits per heavy atom. The maximum Gasteiger partial charge on any atom is 0.349 e. The van der Waals surface area contributed by atoms with E-state index in [1.165, 1.54) is 7.11 Å². The monoisotopic (exact) mass is 274 g/mol. The summed E-state index contributed by atoms with van der Waals surface area (Å²) in [5.41, 5.74) is 1.18. The molecule has 3 rings (SSSR count). The van der Waals surface area contributed by atoms with Gasteiger partial charge >= 0.3 is 11.7 Å². The first-order valence-electron chi connectivity index (χ1n) is 5.72. The third-order valence-electron chi connectivity index (χ3n) is 2.59. The first-order valence-corrected chi connectivity index (χ1v) is 5.72. The van der Waals surface area contributed by atoms with Crippen LogP contribution in [-0.4, -0.2) is 27.2 Å². The highest BCUT2D eigenvalue weighted by Gasteiger charge is 2.20. The molecule has 0 aliphatic heterocycles. The molecule has 3 heterocycles. The van der Waals surface area contributed by atoms with E-state index in [-0.39, 0.29) is 27.9 Å².